The molecule has 0 saturated carbocycles. The first kappa shape index (κ1) is 19.1. The summed E-state index contributed by atoms with van der Waals surface area (Å²) >= 11 is 0. The highest BCUT2D eigenvalue weighted by atomic mass is 32.2. The Kier molecular flexibility index (Phi) is 6.28. The van der Waals surface area contributed by atoms with E-state index in [0.29, 0.717) is 5.69 Å². The largest absolute Gasteiger partial charge is 0.356 e. The molecule has 0 heterocycles. The summed E-state index contributed by atoms with van der Waals surface area (Å²) in [5, 5.41) is 5.13. The zero-order chi connectivity index (χ0) is 17.7. The van der Waals surface area contributed by atoms with Crippen molar-refractivity contribution in [2.75, 3.05) is 11.9 Å². The minimum Gasteiger partial charge on any atom is -0.356 e. The summed E-state index contributed by atoms with van der Waals surface area (Å²) in [6.45, 7) is 6.84. The van der Waals surface area contributed by atoms with Crippen LogP contribution in [0, 0.1) is 0 Å². The van der Waals surface area contributed by atoms with Crippen LogP contribution < -0.4 is 15.4 Å². The first-order valence-electron chi connectivity index (χ1n) is 7.18. The molecule has 3 N–H and O–H groups in total. The number of carbonyl (C=O) groups excluding carboxylic acids is 2. The molecule has 0 bridgehead atoms. The van der Waals surface area contributed by atoms with E-state index in [0.717, 1.165) is 0 Å². The molecule has 8 heteroatoms. The Bertz CT molecular complexity index is 678. The number of anilines is 1. The van der Waals surface area contributed by atoms with E-state index >= 15 is 0 Å². The lowest BCUT2D eigenvalue weighted by Gasteiger charge is -2.20. The molecule has 23 heavy (non-hydrogen) atoms. The summed E-state index contributed by atoms with van der Waals surface area (Å²) in [5.74, 6) is -0.517. The number of hydrogen-bond acceptors (Lipinski definition) is 4. The number of rotatable bonds is 6. The number of carbonyl (C=O) groups is 2. The van der Waals surface area contributed by atoms with Crippen molar-refractivity contribution in [2.24, 2.45) is 0 Å². The van der Waals surface area contributed by atoms with Crippen LogP contribution in [-0.2, 0) is 19.6 Å². The van der Waals surface area contributed by atoms with Gasteiger partial charge in [-0.25, -0.2) is 13.1 Å². The van der Waals surface area contributed by atoms with Crippen molar-refractivity contribution in [1.29, 1.82) is 0 Å². The Morgan fingerprint density at radius 2 is 1.83 bits per heavy atom. The van der Waals surface area contributed by atoms with Gasteiger partial charge >= 0.3 is 0 Å². The third kappa shape index (κ3) is 7.25. The van der Waals surface area contributed by atoms with Gasteiger partial charge in [0.25, 0.3) is 0 Å². The minimum atomic E-state index is -3.66. The van der Waals surface area contributed by atoms with Gasteiger partial charge in [-0.3, -0.25) is 9.59 Å². The van der Waals surface area contributed by atoms with E-state index in [1.807, 2.05) is 0 Å². The lowest BCUT2D eigenvalue weighted by atomic mass is 10.1. The van der Waals surface area contributed by atoms with E-state index in [4.69, 9.17) is 0 Å². The topological polar surface area (TPSA) is 104 Å². The number of hydrogen-bond donors (Lipinski definition) is 3. The predicted molar refractivity (Wildman–Crippen MR) is 88.4 cm³/mol. The second-order valence-electron chi connectivity index (χ2n) is 6.16. The van der Waals surface area contributed by atoms with E-state index in [-0.39, 0.29) is 29.7 Å². The second-order valence-corrected chi connectivity index (χ2v) is 7.85. The van der Waals surface area contributed by atoms with Crippen LogP contribution in [0.5, 0.6) is 0 Å². The summed E-state index contributed by atoms with van der Waals surface area (Å²) in [7, 11) is -3.66. The van der Waals surface area contributed by atoms with Crippen LogP contribution >= 0.6 is 0 Å². The number of amides is 2. The lowest BCUT2D eigenvalue weighted by molar-refractivity contribution is -0.119. The van der Waals surface area contributed by atoms with Crippen molar-refractivity contribution in [3.05, 3.63) is 24.3 Å². The van der Waals surface area contributed by atoms with Crippen LogP contribution in [0.15, 0.2) is 29.2 Å². The number of nitrogens with one attached hydrogen (secondary N) is 3. The Morgan fingerprint density at radius 1 is 1.17 bits per heavy atom. The first-order chi connectivity index (χ1) is 10.5. The molecule has 0 fully saturated rings. The number of sulfonamides is 1. The molecule has 2 amide bonds. The molecule has 0 aliphatic carbocycles. The van der Waals surface area contributed by atoms with E-state index in [2.05, 4.69) is 15.4 Å². The molecule has 128 valence electrons. The average Bonchev–Trinajstić information content (AvgIpc) is 2.35. The van der Waals surface area contributed by atoms with Gasteiger partial charge < -0.3 is 10.6 Å². The SMILES string of the molecule is CC(=O)NCCC(=O)Nc1cccc(S(=O)(=O)NC(C)(C)C)c1. The molecule has 1 rings (SSSR count). The van der Waals surface area contributed by atoms with Crippen molar-refractivity contribution in [2.45, 2.75) is 44.6 Å². The highest BCUT2D eigenvalue weighted by Gasteiger charge is 2.22. The molecular formula is C15H23N3O4S. The van der Waals surface area contributed by atoms with Gasteiger partial charge in [0.1, 0.15) is 0 Å². The standard InChI is InChI=1S/C15H23N3O4S/c1-11(19)16-9-8-14(20)17-12-6-5-7-13(10-12)23(21,22)18-15(2,3)4/h5-7,10,18H,8-9H2,1-4H3,(H,16,19)(H,17,20). The first-order valence-corrected chi connectivity index (χ1v) is 8.66. The van der Waals surface area contributed by atoms with Crippen molar-refractivity contribution < 1.29 is 18.0 Å². The van der Waals surface area contributed by atoms with Gasteiger partial charge in [0.2, 0.25) is 21.8 Å². The molecule has 0 aliphatic heterocycles. The average molecular weight is 341 g/mol. The molecular weight excluding hydrogens is 318 g/mol. The third-order valence-corrected chi connectivity index (χ3v) is 4.35. The van der Waals surface area contributed by atoms with Gasteiger partial charge in [-0.2, -0.15) is 0 Å². The summed E-state index contributed by atoms with van der Waals surface area (Å²) in [6, 6.07) is 6.01. The molecule has 7 nitrogen and oxygen atoms in total. The van der Waals surface area contributed by atoms with Gasteiger partial charge in [-0.15, -0.1) is 0 Å². The van der Waals surface area contributed by atoms with Crippen LogP contribution in [0.25, 0.3) is 0 Å². The molecule has 0 radical (unpaired) electrons. The maximum atomic E-state index is 12.3. The van der Waals surface area contributed by atoms with E-state index in [1.165, 1.54) is 19.1 Å². The van der Waals surface area contributed by atoms with Crippen LogP contribution in [0.4, 0.5) is 5.69 Å². The van der Waals surface area contributed by atoms with Gasteiger partial charge in [0, 0.05) is 31.1 Å². The molecule has 1 aromatic carbocycles. The van der Waals surface area contributed by atoms with Crippen LogP contribution in [-0.4, -0.2) is 32.3 Å². The van der Waals surface area contributed by atoms with Crippen molar-refractivity contribution >= 4 is 27.5 Å². The monoisotopic (exact) mass is 341 g/mol. The van der Waals surface area contributed by atoms with Gasteiger partial charge in [0.15, 0.2) is 0 Å². The molecule has 0 spiro atoms. The Balaban J connectivity index is 2.77. The highest BCUT2D eigenvalue weighted by Crippen LogP contribution is 2.17. The smallest absolute Gasteiger partial charge is 0.241 e. The molecule has 1 aromatic rings. The summed E-state index contributed by atoms with van der Waals surface area (Å²) in [5.41, 5.74) is -0.217. The summed E-state index contributed by atoms with van der Waals surface area (Å²) in [4.78, 5) is 22.6. The fourth-order valence-electron chi connectivity index (χ4n) is 1.78. The Hall–Kier alpha value is -1.93. The lowest BCUT2D eigenvalue weighted by Crippen LogP contribution is -2.40. The zero-order valence-corrected chi connectivity index (χ0v) is 14.6. The van der Waals surface area contributed by atoms with E-state index < -0.39 is 15.6 Å². The zero-order valence-electron chi connectivity index (χ0n) is 13.8. The second kappa shape index (κ2) is 7.56. The molecule has 0 unspecified atom stereocenters. The van der Waals surface area contributed by atoms with Gasteiger partial charge in [-0.1, -0.05) is 6.07 Å². The minimum absolute atomic E-state index is 0.0760. The summed E-state index contributed by atoms with van der Waals surface area (Å²) < 4.78 is 27.1. The maximum Gasteiger partial charge on any atom is 0.241 e. The molecule has 0 saturated heterocycles. The predicted octanol–water partition coefficient (Wildman–Crippen LogP) is 1.23. The fourth-order valence-corrected chi connectivity index (χ4v) is 3.24. The van der Waals surface area contributed by atoms with Crippen molar-refractivity contribution in [3.8, 4) is 0 Å². The highest BCUT2D eigenvalue weighted by molar-refractivity contribution is 7.89. The van der Waals surface area contributed by atoms with Crippen LogP contribution in [0.1, 0.15) is 34.1 Å². The fraction of sp³-hybridized carbons (Fsp3) is 0.467. The van der Waals surface area contributed by atoms with E-state index in [9.17, 15) is 18.0 Å². The Morgan fingerprint density at radius 3 is 2.39 bits per heavy atom. The van der Waals surface area contributed by atoms with Crippen molar-refractivity contribution in [3.63, 3.8) is 0 Å². The van der Waals surface area contributed by atoms with Crippen LogP contribution in [0.3, 0.4) is 0 Å². The molecule has 0 atom stereocenters. The van der Waals surface area contributed by atoms with Gasteiger partial charge in [-0.05, 0) is 39.0 Å². The van der Waals surface area contributed by atoms with E-state index in [1.54, 1.807) is 32.9 Å². The quantitative estimate of drug-likeness (QED) is 0.724. The van der Waals surface area contributed by atoms with Crippen molar-refractivity contribution in [1.82, 2.24) is 10.0 Å². The maximum absolute atomic E-state index is 12.3. The van der Waals surface area contributed by atoms with Crippen LogP contribution in [0.2, 0.25) is 0 Å². The molecule has 0 aliphatic rings. The Labute approximate surface area is 136 Å². The normalized spacial score (nSPS) is 11.8. The third-order valence-electron chi connectivity index (χ3n) is 2.59. The molecule has 0 aromatic heterocycles. The van der Waals surface area contributed by atoms with Gasteiger partial charge in [0.05, 0.1) is 4.90 Å². The summed E-state index contributed by atoms with van der Waals surface area (Å²) in [6.07, 6.45) is 0.108. The number of benzene rings is 1.